The van der Waals surface area contributed by atoms with E-state index in [0.29, 0.717) is 0 Å². The summed E-state index contributed by atoms with van der Waals surface area (Å²) >= 11 is 0. The molecule has 0 fully saturated rings. The number of benzene rings is 3. The van der Waals surface area contributed by atoms with Crippen molar-refractivity contribution >= 4 is 42.4 Å². The highest BCUT2D eigenvalue weighted by atomic mass is 32.2. The van der Waals surface area contributed by atoms with Gasteiger partial charge in [0.25, 0.3) is 20.2 Å². The molecule has 136 valence electrons. The second-order valence-electron chi connectivity index (χ2n) is 5.37. The highest BCUT2D eigenvalue weighted by Gasteiger charge is 2.32. The van der Waals surface area contributed by atoms with E-state index < -0.39 is 41.5 Å². The third-order valence-electron chi connectivity index (χ3n) is 3.66. The van der Waals surface area contributed by atoms with Crippen LogP contribution in [0.4, 0.5) is 11.4 Å². The van der Waals surface area contributed by atoms with Gasteiger partial charge in [-0.1, -0.05) is 42.5 Å². The van der Waals surface area contributed by atoms with Crippen LogP contribution in [0, 0.1) is 0 Å². The Morgan fingerprint density at radius 3 is 1.73 bits per heavy atom. The first kappa shape index (κ1) is 18.1. The maximum Gasteiger partial charge on any atom is 0.300 e. The summed E-state index contributed by atoms with van der Waals surface area (Å²) in [6.45, 7) is 0. The molecule has 4 N–H and O–H groups in total. The summed E-state index contributed by atoms with van der Waals surface area (Å²) in [5.41, 5.74) is -0.380. The average Bonchev–Trinajstić information content (AvgIpc) is 2.53. The molecular weight excluding hydrogens is 382 g/mol. The third-order valence-corrected chi connectivity index (χ3v) is 5.51. The van der Waals surface area contributed by atoms with Gasteiger partial charge in [0, 0.05) is 16.5 Å². The molecular formula is C16H13NO7S2. The van der Waals surface area contributed by atoms with Gasteiger partial charge in [0.15, 0.2) is 4.90 Å². The number of hydrogen-bond acceptors (Lipinski definition) is 6. The monoisotopic (exact) mass is 395 g/mol. The zero-order valence-corrected chi connectivity index (χ0v) is 14.6. The van der Waals surface area contributed by atoms with Crippen LogP contribution in [0.2, 0.25) is 0 Å². The Bertz CT molecular complexity index is 1200. The zero-order valence-electron chi connectivity index (χ0n) is 13.0. The molecule has 0 bridgehead atoms. The van der Waals surface area contributed by atoms with Crippen molar-refractivity contribution in [3.05, 3.63) is 54.6 Å². The predicted molar refractivity (Wildman–Crippen MR) is 95.0 cm³/mol. The van der Waals surface area contributed by atoms with Crippen LogP contribution in [0.15, 0.2) is 64.4 Å². The van der Waals surface area contributed by atoms with Crippen LogP contribution in [-0.2, 0) is 20.2 Å². The van der Waals surface area contributed by atoms with Gasteiger partial charge in [0.1, 0.15) is 10.6 Å². The normalized spacial score (nSPS) is 12.2. The number of para-hydroxylation sites is 1. The van der Waals surface area contributed by atoms with Crippen LogP contribution in [0.3, 0.4) is 0 Å². The lowest BCUT2D eigenvalue weighted by Crippen LogP contribution is -2.11. The lowest BCUT2D eigenvalue weighted by atomic mass is 10.1. The van der Waals surface area contributed by atoms with Gasteiger partial charge in [0.05, 0.1) is 5.69 Å². The molecule has 3 aromatic rings. The van der Waals surface area contributed by atoms with Crippen molar-refractivity contribution in [1.29, 1.82) is 0 Å². The molecule has 0 aromatic heterocycles. The molecule has 0 spiro atoms. The van der Waals surface area contributed by atoms with E-state index in [1.807, 2.05) is 0 Å². The SMILES string of the molecule is O=S(=O)(O)c1c(Nc2ccccc2)c(S(=O)(=O)O)c2ccccc2c1O. The molecule has 0 heterocycles. The number of anilines is 2. The van der Waals surface area contributed by atoms with Gasteiger partial charge in [-0.25, -0.2) is 0 Å². The summed E-state index contributed by atoms with van der Waals surface area (Å²) in [4.78, 5) is -1.82. The second kappa shape index (κ2) is 6.25. The highest BCUT2D eigenvalue weighted by molar-refractivity contribution is 7.87. The fraction of sp³-hybridized carbons (Fsp3) is 0. The number of phenolic OH excluding ortho intramolecular Hbond substituents is 1. The topological polar surface area (TPSA) is 141 Å². The first-order valence-corrected chi connectivity index (χ1v) is 10.0. The van der Waals surface area contributed by atoms with Crippen molar-refractivity contribution in [1.82, 2.24) is 0 Å². The molecule has 3 rings (SSSR count). The summed E-state index contributed by atoms with van der Waals surface area (Å²) < 4.78 is 67.0. The largest absolute Gasteiger partial charge is 0.506 e. The molecule has 0 atom stereocenters. The average molecular weight is 395 g/mol. The summed E-state index contributed by atoms with van der Waals surface area (Å²) in [7, 11) is -9.98. The van der Waals surface area contributed by atoms with E-state index in [1.54, 1.807) is 18.2 Å². The summed E-state index contributed by atoms with van der Waals surface area (Å²) in [5.74, 6) is -0.839. The quantitative estimate of drug-likeness (QED) is 0.494. The third kappa shape index (κ3) is 3.22. The Balaban J connectivity index is 2.54. The van der Waals surface area contributed by atoms with Crippen LogP contribution < -0.4 is 5.32 Å². The second-order valence-corrected chi connectivity index (χ2v) is 8.09. The Hall–Kier alpha value is -2.66. The van der Waals surface area contributed by atoms with Crippen molar-refractivity contribution in [3.8, 4) is 5.75 Å². The molecule has 3 aromatic carbocycles. The zero-order chi connectivity index (χ0) is 19.1. The standard InChI is InChI=1S/C16H13NO7S2/c18-14-11-8-4-5-9-12(11)15(25(19,20)21)13(16(14)26(22,23)24)17-10-6-2-1-3-7-10/h1-9,17-18H,(H,19,20,21)(H,22,23,24). The Morgan fingerprint density at radius 1 is 0.692 bits per heavy atom. The van der Waals surface area contributed by atoms with Crippen LogP contribution in [0.1, 0.15) is 0 Å². The number of phenols is 1. The van der Waals surface area contributed by atoms with Crippen molar-refractivity contribution in [2.24, 2.45) is 0 Å². The maximum absolute atomic E-state index is 12.0. The van der Waals surface area contributed by atoms with Crippen LogP contribution in [-0.4, -0.2) is 31.0 Å². The first-order chi connectivity index (χ1) is 12.1. The van der Waals surface area contributed by atoms with Crippen molar-refractivity contribution in [2.45, 2.75) is 9.79 Å². The van der Waals surface area contributed by atoms with Gasteiger partial charge in [-0.15, -0.1) is 0 Å². The van der Waals surface area contributed by atoms with Crippen molar-refractivity contribution in [3.63, 3.8) is 0 Å². The van der Waals surface area contributed by atoms with E-state index in [4.69, 9.17) is 0 Å². The van der Waals surface area contributed by atoms with Gasteiger partial charge in [-0.3, -0.25) is 9.11 Å². The fourth-order valence-corrected chi connectivity index (χ4v) is 4.36. The van der Waals surface area contributed by atoms with Gasteiger partial charge in [-0.2, -0.15) is 16.8 Å². The van der Waals surface area contributed by atoms with E-state index in [2.05, 4.69) is 5.32 Å². The van der Waals surface area contributed by atoms with Gasteiger partial charge in [0.2, 0.25) is 0 Å². The van der Waals surface area contributed by atoms with E-state index in [1.165, 1.54) is 36.4 Å². The minimum absolute atomic E-state index is 0.113. The van der Waals surface area contributed by atoms with Gasteiger partial charge < -0.3 is 10.4 Å². The van der Waals surface area contributed by atoms with Crippen LogP contribution in [0.5, 0.6) is 5.75 Å². The van der Waals surface area contributed by atoms with E-state index in [0.717, 1.165) is 0 Å². The molecule has 0 aliphatic rings. The summed E-state index contributed by atoms with van der Waals surface area (Å²) in [6, 6.07) is 13.3. The number of fused-ring (bicyclic) bond motifs is 1. The van der Waals surface area contributed by atoms with Gasteiger partial charge in [-0.05, 0) is 12.1 Å². The molecule has 0 radical (unpaired) electrons. The lowest BCUT2D eigenvalue weighted by Gasteiger charge is -2.18. The number of hydrogen-bond donors (Lipinski definition) is 4. The Kier molecular flexibility index (Phi) is 4.36. The lowest BCUT2D eigenvalue weighted by molar-refractivity contribution is 0.448. The fourth-order valence-electron chi connectivity index (χ4n) is 2.66. The van der Waals surface area contributed by atoms with E-state index in [-0.39, 0.29) is 16.5 Å². The minimum atomic E-state index is -5.05. The molecule has 0 saturated carbocycles. The predicted octanol–water partition coefficient (Wildman–Crippen LogP) is 2.78. The Morgan fingerprint density at radius 2 is 1.19 bits per heavy atom. The number of aromatic hydroxyl groups is 1. The summed E-state index contributed by atoms with van der Waals surface area (Å²) in [6.07, 6.45) is 0. The molecule has 10 heteroatoms. The minimum Gasteiger partial charge on any atom is -0.506 e. The summed E-state index contributed by atoms with van der Waals surface area (Å²) in [5, 5.41) is 12.7. The molecule has 8 nitrogen and oxygen atoms in total. The number of nitrogens with one attached hydrogen (secondary N) is 1. The molecule has 0 aliphatic carbocycles. The van der Waals surface area contributed by atoms with E-state index >= 15 is 0 Å². The molecule has 26 heavy (non-hydrogen) atoms. The molecule has 0 amide bonds. The highest BCUT2D eigenvalue weighted by Crippen LogP contribution is 2.44. The maximum atomic E-state index is 12.0. The Labute approximate surface area is 149 Å². The number of rotatable bonds is 4. The van der Waals surface area contributed by atoms with Crippen LogP contribution in [0.25, 0.3) is 10.8 Å². The van der Waals surface area contributed by atoms with E-state index in [9.17, 15) is 31.0 Å². The van der Waals surface area contributed by atoms with Crippen LogP contribution >= 0.6 is 0 Å². The van der Waals surface area contributed by atoms with Crippen molar-refractivity contribution in [2.75, 3.05) is 5.32 Å². The van der Waals surface area contributed by atoms with Crippen molar-refractivity contribution < 1.29 is 31.0 Å². The molecule has 0 saturated heterocycles. The van der Waals surface area contributed by atoms with Gasteiger partial charge >= 0.3 is 0 Å². The smallest absolute Gasteiger partial charge is 0.300 e. The molecule has 0 unspecified atom stereocenters. The first-order valence-electron chi connectivity index (χ1n) is 7.15. The molecule has 0 aliphatic heterocycles.